The fourth-order valence-corrected chi connectivity index (χ4v) is 3.05. The van der Waals surface area contributed by atoms with Gasteiger partial charge in [-0.3, -0.25) is 4.98 Å². The molecule has 0 amide bonds. The van der Waals surface area contributed by atoms with E-state index in [0.717, 1.165) is 48.5 Å². The van der Waals surface area contributed by atoms with Crippen LogP contribution < -0.4 is 10.6 Å². The van der Waals surface area contributed by atoms with Crippen molar-refractivity contribution in [1.29, 1.82) is 0 Å². The Hall–Kier alpha value is -3.83. The molecule has 0 saturated carbocycles. The summed E-state index contributed by atoms with van der Waals surface area (Å²) in [6.45, 7) is 19.5. The highest BCUT2D eigenvalue weighted by Crippen LogP contribution is 2.20. The molecule has 0 aliphatic heterocycles. The average molecular weight is 486 g/mol. The maximum Gasteiger partial charge on any atom is 0.180 e. The third-order valence-electron chi connectivity index (χ3n) is 4.64. The molecule has 0 radical (unpaired) electrons. The molecule has 4 rings (SSSR count). The Morgan fingerprint density at radius 3 is 2.28 bits per heavy atom. The highest BCUT2D eigenvalue weighted by atomic mass is 15.2. The predicted octanol–water partition coefficient (Wildman–Crippen LogP) is 7.56. The zero-order valence-electron chi connectivity index (χ0n) is 22.5. The first kappa shape index (κ1) is 32.2. The lowest BCUT2D eigenvalue weighted by atomic mass is 10.1. The van der Waals surface area contributed by atoms with Gasteiger partial charge in [0.15, 0.2) is 5.65 Å². The van der Waals surface area contributed by atoms with E-state index in [9.17, 15) is 0 Å². The molecule has 0 atom stereocenters. The number of aromatic nitrogens is 3. The third-order valence-corrected chi connectivity index (χ3v) is 4.64. The molecule has 0 spiro atoms. The molecule has 0 unspecified atom stereocenters. The van der Waals surface area contributed by atoms with Crippen LogP contribution in [0.4, 0.5) is 5.82 Å². The van der Waals surface area contributed by atoms with Crippen LogP contribution in [0.2, 0.25) is 0 Å². The largest absolute Gasteiger partial charge is 0.359 e. The second-order valence-corrected chi connectivity index (χ2v) is 7.02. The number of allylic oxidation sites excluding steroid dienone is 5. The maximum atomic E-state index is 4.85. The van der Waals surface area contributed by atoms with Crippen molar-refractivity contribution in [3.05, 3.63) is 111 Å². The van der Waals surface area contributed by atoms with E-state index in [0.29, 0.717) is 5.65 Å². The Kier molecular flexibility index (Phi) is 18.4. The van der Waals surface area contributed by atoms with Gasteiger partial charge in [-0.25, -0.2) is 9.97 Å². The van der Waals surface area contributed by atoms with Gasteiger partial charge >= 0.3 is 0 Å². The maximum absolute atomic E-state index is 4.85. The Morgan fingerprint density at radius 1 is 0.944 bits per heavy atom. The third kappa shape index (κ3) is 11.1. The second-order valence-electron chi connectivity index (χ2n) is 7.02. The van der Waals surface area contributed by atoms with Crippen molar-refractivity contribution in [3.63, 3.8) is 0 Å². The van der Waals surface area contributed by atoms with E-state index in [4.69, 9.17) is 15.7 Å². The minimum Gasteiger partial charge on any atom is -0.359 e. The molecule has 0 saturated heterocycles. The topological polar surface area (TPSA) is 67.9 Å². The molecular weight excluding hydrogens is 442 g/mol. The molecule has 1 aliphatic rings. The summed E-state index contributed by atoms with van der Waals surface area (Å²) in [6, 6.07) is 14.1. The molecule has 2 heterocycles. The van der Waals surface area contributed by atoms with E-state index in [1.165, 1.54) is 5.57 Å². The van der Waals surface area contributed by atoms with E-state index in [-0.39, 0.29) is 0 Å². The molecule has 5 heteroatoms. The van der Waals surface area contributed by atoms with Crippen molar-refractivity contribution in [1.82, 2.24) is 15.0 Å². The molecule has 1 aliphatic carbocycles. The monoisotopic (exact) mass is 485 g/mol. The van der Waals surface area contributed by atoms with Crippen LogP contribution in [0, 0.1) is 0 Å². The normalized spacial score (nSPS) is 11.0. The highest BCUT2D eigenvalue weighted by molar-refractivity contribution is 5.75. The average Bonchev–Trinajstić information content (AvgIpc) is 3.24. The van der Waals surface area contributed by atoms with Gasteiger partial charge in [0.25, 0.3) is 0 Å². The summed E-state index contributed by atoms with van der Waals surface area (Å²) in [5.41, 5.74) is 9.56. The highest BCUT2D eigenvalue weighted by Gasteiger charge is 2.08. The smallest absolute Gasteiger partial charge is 0.180 e. The van der Waals surface area contributed by atoms with E-state index >= 15 is 0 Å². The number of hydrogen-bond acceptors (Lipinski definition) is 5. The molecule has 192 valence electrons. The van der Waals surface area contributed by atoms with Crippen LogP contribution in [0.25, 0.3) is 22.4 Å². The van der Waals surface area contributed by atoms with Gasteiger partial charge in [0.05, 0.1) is 11.9 Å². The molecular formula is C31H43N5. The molecule has 2 N–H and O–H groups in total. The predicted molar refractivity (Wildman–Crippen MR) is 160 cm³/mol. The lowest BCUT2D eigenvalue weighted by Gasteiger charge is -2.18. The first-order chi connectivity index (χ1) is 17.7. The zero-order valence-corrected chi connectivity index (χ0v) is 22.5. The summed E-state index contributed by atoms with van der Waals surface area (Å²) < 4.78 is 0. The van der Waals surface area contributed by atoms with Crippen LogP contribution >= 0.6 is 0 Å². The Bertz CT molecular complexity index is 1070. The van der Waals surface area contributed by atoms with Crippen LogP contribution in [0.15, 0.2) is 111 Å². The van der Waals surface area contributed by atoms with E-state index < -0.39 is 0 Å². The number of nitrogens with two attached hydrogens (primary N) is 1. The minimum absolute atomic E-state index is 0.678. The van der Waals surface area contributed by atoms with Crippen LogP contribution in [-0.4, -0.2) is 35.1 Å². The quantitative estimate of drug-likeness (QED) is 0.378. The number of benzene rings is 1. The van der Waals surface area contributed by atoms with E-state index in [1.54, 1.807) is 6.20 Å². The summed E-state index contributed by atoms with van der Waals surface area (Å²) in [5.74, 6) is 0.913. The van der Waals surface area contributed by atoms with Gasteiger partial charge in [-0.1, -0.05) is 81.5 Å². The van der Waals surface area contributed by atoms with Crippen molar-refractivity contribution in [2.45, 2.75) is 33.6 Å². The molecule has 2 aromatic heterocycles. The van der Waals surface area contributed by atoms with Crippen molar-refractivity contribution in [2.24, 2.45) is 5.73 Å². The standard InChI is InChI=1S/C23H22N4.C2H7N.C2H6.2C2H4/c1-27(16-15-18-9-5-2-3-6-10-18)22-14-13-20-23(26-22)25-21(17-24-20)19-11-7-4-8-12-19;1-2-3;3*1-2/h2,4-14,17H,3,15-16H2,1H3;2-3H2,1H3;1-2H3;2*1-2H2. The first-order valence-electron chi connectivity index (χ1n) is 12.3. The fraction of sp³-hybridized carbons (Fsp3) is 0.258. The SMILES string of the molecule is C=C.C=C.CC.CCN.CN(CCC1=CC=CCC=C1)c1ccc2ncc(-c3ccccc3)nc2n1. The van der Waals surface area contributed by atoms with Crippen LogP contribution in [0.1, 0.15) is 33.6 Å². The molecule has 3 aromatic rings. The molecule has 5 nitrogen and oxygen atoms in total. The van der Waals surface area contributed by atoms with Crippen molar-refractivity contribution < 1.29 is 0 Å². The number of pyridine rings is 1. The van der Waals surface area contributed by atoms with Crippen molar-refractivity contribution in [2.75, 3.05) is 25.0 Å². The van der Waals surface area contributed by atoms with Crippen LogP contribution in [-0.2, 0) is 0 Å². The van der Waals surface area contributed by atoms with Gasteiger partial charge in [-0.15, -0.1) is 26.3 Å². The van der Waals surface area contributed by atoms with E-state index in [1.807, 2.05) is 63.2 Å². The lowest BCUT2D eigenvalue weighted by Crippen LogP contribution is -2.20. The summed E-state index contributed by atoms with van der Waals surface area (Å²) in [6.07, 6.45) is 14.7. The van der Waals surface area contributed by atoms with Gasteiger partial charge in [0.2, 0.25) is 0 Å². The van der Waals surface area contributed by atoms with E-state index in [2.05, 4.69) is 73.6 Å². The van der Waals surface area contributed by atoms with Gasteiger partial charge < -0.3 is 10.6 Å². The minimum atomic E-state index is 0.678. The number of nitrogens with zero attached hydrogens (tertiary/aromatic N) is 4. The molecule has 0 bridgehead atoms. The fourth-order valence-electron chi connectivity index (χ4n) is 3.05. The summed E-state index contributed by atoms with van der Waals surface area (Å²) in [5, 5.41) is 0. The number of rotatable bonds is 5. The second kappa shape index (κ2) is 20.5. The van der Waals surface area contributed by atoms with Crippen LogP contribution in [0.3, 0.4) is 0 Å². The molecule has 0 fully saturated rings. The molecule has 36 heavy (non-hydrogen) atoms. The summed E-state index contributed by atoms with van der Waals surface area (Å²) in [4.78, 5) is 16.1. The Morgan fingerprint density at radius 2 is 1.61 bits per heavy atom. The van der Waals surface area contributed by atoms with Gasteiger partial charge in [-0.2, -0.15) is 0 Å². The van der Waals surface area contributed by atoms with Gasteiger partial charge in [-0.05, 0) is 37.1 Å². The zero-order chi connectivity index (χ0) is 27.2. The molecule has 1 aromatic carbocycles. The van der Waals surface area contributed by atoms with Crippen molar-refractivity contribution >= 4 is 17.0 Å². The first-order valence-corrected chi connectivity index (χ1v) is 12.3. The number of anilines is 1. The summed E-state index contributed by atoms with van der Waals surface area (Å²) in [7, 11) is 2.07. The van der Waals surface area contributed by atoms with Crippen molar-refractivity contribution in [3.8, 4) is 11.3 Å². The Labute approximate surface area is 218 Å². The van der Waals surface area contributed by atoms with Gasteiger partial charge in [0, 0.05) is 19.2 Å². The number of fused-ring (bicyclic) bond motifs is 1. The lowest BCUT2D eigenvalue weighted by molar-refractivity contribution is 0.864. The van der Waals surface area contributed by atoms with Gasteiger partial charge in [0.1, 0.15) is 11.3 Å². The van der Waals surface area contributed by atoms with Crippen LogP contribution in [0.5, 0.6) is 0 Å². The Balaban J connectivity index is 0.00000122. The summed E-state index contributed by atoms with van der Waals surface area (Å²) >= 11 is 0. The number of hydrogen-bond donors (Lipinski definition) is 1.